The van der Waals surface area contributed by atoms with E-state index in [1.807, 2.05) is 0 Å². The molecule has 86 valence electrons. The number of likely N-dealkylation sites (N-methyl/N-ethyl adjacent to an activating group) is 1. The van der Waals surface area contributed by atoms with Gasteiger partial charge in [0.25, 0.3) is 5.91 Å². The number of hydrogen-bond acceptors (Lipinski definition) is 3. The Labute approximate surface area is 98.0 Å². The fourth-order valence-corrected chi connectivity index (χ4v) is 1.17. The number of nitrogens with zero attached hydrogens (tertiary/aromatic N) is 1. The summed E-state index contributed by atoms with van der Waals surface area (Å²) < 4.78 is 0. The minimum Gasteiger partial charge on any atom is -0.478 e. The van der Waals surface area contributed by atoms with Crippen LogP contribution in [0.1, 0.15) is 15.9 Å². The number of carboxylic acid groups (broad SMARTS) is 1. The number of aromatic carboxylic acids is 1. The number of nitrogens with one attached hydrogen (secondary N) is 1. The highest BCUT2D eigenvalue weighted by molar-refractivity contribution is 6.01. The molecule has 0 fully saturated rings. The quantitative estimate of drug-likeness (QED) is 0.599. The van der Waals surface area contributed by atoms with Crippen LogP contribution in [0.5, 0.6) is 0 Å². The van der Waals surface area contributed by atoms with Crippen LogP contribution in [0, 0.1) is 11.3 Å². The van der Waals surface area contributed by atoms with Gasteiger partial charge in [-0.25, -0.2) is 4.79 Å². The van der Waals surface area contributed by atoms with Crippen LogP contribution in [-0.2, 0) is 4.79 Å². The molecule has 1 rings (SSSR count). The fourth-order valence-electron chi connectivity index (χ4n) is 1.17. The zero-order valence-electron chi connectivity index (χ0n) is 9.10. The maximum absolute atomic E-state index is 11.2. The van der Waals surface area contributed by atoms with Crippen molar-refractivity contribution in [1.29, 1.82) is 5.26 Å². The van der Waals surface area contributed by atoms with Gasteiger partial charge in [0, 0.05) is 7.05 Å². The highest BCUT2D eigenvalue weighted by atomic mass is 16.4. The van der Waals surface area contributed by atoms with Crippen LogP contribution in [0.3, 0.4) is 0 Å². The second-order valence-corrected chi connectivity index (χ2v) is 3.18. The second kappa shape index (κ2) is 5.47. The van der Waals surface area contributed by atoms with Crippen molar-refractivity contribution in [1.82, 2.24) is 5.32 Å². The molecule has 0 spiro atoms. The molecule has 0 bridgehead atoms. The zero-order valence-corrected chi connectivity index (χ0v) is 9.10. The molecule has 1 aromatic rings. The maximum atomic E-state index is 11.2. The molecule has 0 unspecified atom stereocenters. The minimum absolute atomic E-state index is 0.0319. The van der Waals surface area contributed by atoms with Crippen LogP contribution in [-0.4, -0.2) is 24.0 Å². The molecule has 17 heavy (non-hydrogen) atoms. The standard InChI is InChI=1S/C12H10N2O3/c1-14-11(15)10(7-13)6-8-2-4-9(5-3-8)12(16)17/h2-6H,1H3,(H,14,15)(H,16,17). The Morgan fingerprint density at radius 1 is 1.35 bits per heavy atom. The molecule has 0 aliphatic carbocycles. The normalized spacial score (nSPS) is 10.5. The maximum Gasteiger partial charge on any atom is 0.335 e. The van der Waals surface area contributed by atoms with Crippen molar-refractivity contribution < 1.29 is 14.7 Å². The lowest BCUT2D eigenvalue weighted by Gasteiger charge is -1.98. The monoisotopic (exact) mass is 230 g/mol. The first-order valence-electron chi connectivity index (χ1n) is 4.75. The third kappa shape index (κ3) is 3.18. The van der Waals surface area contributed by atoms with Crippen LogP contribution in [0.25, 0.3) is 6.08 Å². The lowest BCUT2D eigenvalue weighted by atomic mass is 10.1. The average molecular weight is 230 g/mol. The Kier molecular flexibility index (Phi) is 4.01. The summed E-state index contributed by atoms with van der Waals surface area (Å²) in [4.78, 5) is 21.8. The van der Waals surface area contributed by atoms with Gasteiger partial charge in [-0.15, -0.1) is 0 Å². The highest BCUT2D eigenvalue weighted by Crippen LogP contribution is 2.09. The van der Waals surface area contributed by atoms with E-state index in [0.29, 0.717) is 5.56 Å². The number of amides is 1. The lowest BCUT2D eigenvalue weighted by molar-refractivity contribution is -0.116. The Balaban J connectivity index is 3.02. The first-order valence-corrected chi connectivity index (χ1v) is 4.75. The molecular formula is C12H10N2O3. The van der Waals surface area contributed by atoms with E-state index in [2.05, 4.69) is 5.32 Å². The Bertz CT molecular complexity index is 510. The molecule has 0 aromatic heterocycles. The first kappa shape index (κ1) is 12.5. The molecule has 0 aliphatic rings. The second-order valence-electron chi connectivity index (χ2n) is 3.18. The van der Waals surface area contributed by atoms with Crippen molar-refractivity contribution in [3.8, 4) is 6.07 Å². The SMILES string of the molecule is CNC(=O)C(C#N)=Cc1ccc(C(=O)O)cc1. The van der Waals surface area contributed by atoms with Gasteiger partial charge in [-0.05, 0) is 23.8 Å². The summed E-state index contributed by atoms with van der Waals surface area (Å²) in [7, 11) is 1.43. The summed E-state index contributed by atoms with van der Waals surface area (Å²) in [6, 6.07) is 7.65. The van der Waals surface area contributed by atoms with E-state index in [1.54, 1.807) is 6.07 Å². The topological polar surface area (TPSA) is 90.2 Å². The molecular weight excluding hydrogens is 220 g/mol. The first-order chi connectivity index (χ1) is 8.08. The Hall–Kier alpha value is -2.61. The number of carboxylic acids is 1. The van der Waals surface area contributed by atoms with Gasteiger partial charge < -0.3 is 10.4 Å². The summed E-state index contributed by atoms with van der Waals surface area (Å²) >= 11 is 0. The van der Waals surface area contributed by atoms with Crippen molar-refractivity contribution in [2.45, 2.75) is 0 Å². The van der Waals surface area contributed by atoms with Gasteiger partial charge in [0.15, 0.2) is 0 Å². The van der Waals surface area contributed by atoms with E-state index in [-0.39, 0.29) is 11.1 Å². The third-order valence-corrected chi connectivity index (χ3v) is 2.06. The molecule has 0 saturated heterocycles. The van der Waals surface area contributed by atoms with Crippen LogP contribution in [0.2, 0.25) is 0 Å². The molecule has 5 nitrogen and oxygen atoms in total. The van der Waals surface area contributed by atoms with Gasteiger partial charge >= 0.3 is 5.97 Å². The average Bonchev–Trinajstić information content (AvgIpc) is 2.35. The van der Waals surface area contributed by atoms with E-state index in [1.165, 1.54) is 37.4 Å². The fraction of sp³-hybridized carbons (Fsp3) is 0.0833. The van der Waals surface area contributed by atoms with Crippen molar-refractivity contribution in [2.75, 3.05) is 7.05 Å². The summed E-state index contributed by atoms with van der Waals surface area (Å²) in [5, 5.41) is 19.8. The van der Waals surface area contributed by atoms with Crippen molar-refractivity contribution >= 4 is 18.0 Å². The third-order valence-electron chi connectivity index (χ3n) is 2.06. The van der Waals surface area contributed by atoms with Gasteiger partial charge in [0.05, 0.1) is 5.56 Å². The molecule has 0 heterocycles. The van der Waals surface area contributed by atoms with E-state index in [9.17, 15) is 9.59 Å². The summed E-state index contributed by atoms with van der Waals surface area (Å²) in [5.41, 5.74) is 0.714. The number of carbonyl (C=O) groups excluding carboxylic acids is 1. The number of carbonyl (C=O) groups is 2. The van der Waals surface area contributed by atoms with Gasteiger partial charge in [0.2, 0.25) is 0 Å². The molecule has 2 N–H and O–H groups in total. The smallest absolute Gasteiger partial charge is 0.335 e. The minimum atomic E-state index is -1.02. The molecule has 0 aliphatic heterocycles. The van der Waals surface area contributed by atoms with Gasteiger partial charge in [-0.1, -0.05) is 12.1 Å². The largest absolute Gasteiger partial charge is 0.478 e. The summed E-state index contributed by atoms with van der Waals surface area (Å²) in [6.45, 7) is 0. The number of hydrogen-bond donors (Lipinski definition) is 2. The molecule has 0 atom stereocenters. The lowest BCUT2D eigenvalue weighted by Crippen LogP contribution is -2.19. The van der Waals surface area contributed by atoms with Crippen LogP contribution in [0.4, 0.5) is 0 Å². The molecule has 0 radical (unpaired) electrons. The number of benzene rings is 1. The van der Waals surface area contributed by atoms with E-state index >= 15 is 0 Å². The van der Waals surface area contributed by atoms with Crippen LogP contribution in [0.15, 0.2) is 29.8 Å². The van der Waals surface area contributed by atoms with Gasteiger partial charge in [-0.2, -0.15) is 5.26 Å². The Morgan fingerprint density at radius 2 is 1.94 bits per heavy atom. The van der Waals surface area contributed by atoms with Crippen molar-refractivity contribution in [3.63, 3.8) is 0 Å². The van der Waals surface area contributed by atoms with Crippen molar-refractivity contribution in [3.05, 3.63) is 41.0 Å². The van der Waals surface area contributed by atoms with Crippen molar-refractivity contribution in [2.24, 2.45) is 0 Å². The number of rotatable bonds is 3. The summed E-state index contributed by atoms with van der Waals surface area (Å²) in [6.07, 6.45) is 1.39. The van der Waals surface area contributed by atoms with Crippen LogP contribution < -0.4 is 5.32 Å². The zero-order chi connectivity index (χ0) is 12.8. The van der Waals surface area contributed by atoms with E-state index in [4.69, 9.17) is 10.4 Å². The highest BCUT2D eigenvalue weighted by Gasteiger charge is 2.06. The van der Waals surface area contributed by atoms with Gasteiger partial charge in [0.1, 0.15) is 11.6 Å². The van der Waals surface area contributed by atoms with Crippen LogP contribution >= 0.6 is 0 Å². The predicted octanol–water partition coefficient (Wildman–Crippen LogP) is 1.04. The summed E-state index contributed by atoms with van der Waals surface area (Å²) in [5.74, 6) is -1.50. The molecule has 0 saturated carbocycles. The molecule has 1 amide bonds. The molecule has 1 aromatic carbocycles. The van der Waals surface area contributed by atoms with E-state index in [0.717, 1.165) is 0 Å². The number of nitriles is 1. The molecule has 5 heteroatoms. The Morgan fingerprint density at radius 3 is 2.35 bits per heavy atom. The predicted molar refractivity (Wildman–Crippen MR) is 61.1 cm³/mol. The van der Waals surface area contributed by atoms with Gasteiger partial charge in [-0.3, -0.25) is 4.79 Å². The van der Waals surface area contributed by atoms with E-state index < -0.39 is 11.9 Å².